The molecule has 2 aromatic heterocycles. The van der Waals surface area contributed by atoms with Gasteiger partial charge in [0.1, 0.15) is 11.6 Å². The van der Waals surface area contributed by atoms with Gasteiger partial charge in [0.05, 0.1) is 22.9 Å². The van der Waals surface area contributed by atoms with Crippen molar-refractivity contribution >= 4 is 5.65 Å². The number of nitriles is 1. The predicted molar refractivity (Wildman–Crippen MR) is 108 cm³/mol. The number of hydrogen-bond donors (Lipinski definition) is 1. The molecule has 1 saturated carbocycles. The van der Waals surface area contributed by atoms with Crippen LogP contribution in [0.5, 0.6) is 0 Å². The van der Waals surface area contributed by atoms with Gasteiger partial charge in [0.2, 0.25) is 0 Å². The van der Waals surface area contributed by atoms with Crippen molar-refractivity contribution in [3.05, 3.63) is 81.3 Å². The van der Waals surface area contributed by atoms with Gasteiger partial charge >= 0.3 is 0 Å². The molecule has 1 fully saturated rings. The summed E-state index contributed by atoms with van der Waals surface area (Å²) in [6, 6.07) is 12.3. The molecule has 1 N–H and O–H groups in total. The maximum absolute atomic E-state index is 14.7. The van der Waals surface area contributed by atoms with Gasteiger partial charge in [-0.1, -0.05) is 12.1 Å². The van der Waals surface area contributed by atoms with Crippen molar-refractivity contribution in [1.29, 1.82) is 5.26 Å². The molecule has 7 heteroatoms. The summed E-state index contributed by atoms with van der Waals surface area (Å²) in [7, 11) is 0. The highest BCUT2D eigenvalue weighted by Gasteiger charge is 2.32. The maximum atomic E-state index is 14.7. The highest BCUT2D eigenvalue weighted by molar-refractivity contribution is 5.82. The van der Waals surface area contributed by atoms with Gasteiger partial charge in [-0.15, -0.1) is 0 Å². The number of aromatic amines is 1. The summed E-state index contributed by atoms with van der Waals surface area (Å²) in [5, 5.41) is 12.1. The van der Waals surface area contributed by atoms with Crippen molar-refractivity contribution in [3.63, 3.8) is 0 Å². The second kappa shape index (κ2) is 6.63. The van der Waals surface area contributed by atoms with E-state index >= 15 is 0 Å². The molecule has 2 heterocycles. The van der Waals surface area contributed by atoms with Crippen LogP contribution in [0.3, 0.4) is 0 Å². The minimum Gasteiger partial charge on any atom is -0.293 e. The number of nitrogens with zero attached hydrogens (tertiary/aromatic N) is 3. The molecule has 4 aromatic rings. The highest BCUT2D eigenvalue weighted by atomic mass is 19.1. The molecular formula is C23H16F2N4O. The van der Waals surface area contributed by atoms with E-state index in [1.807, 2.05) is 0 Å². The van der Waals surface area contributed by atoms with Crippen molar-refractivity contribution in [2.45, 2.75) is 25.7 Å². The van der Waals surface area contributed by atoms with Crippen LogP contribution >= 0.6 is 0 Å². The van der Waals surface area contributed by atoms with Gasteiger partial charge in [-0.05, 0) is 44.0 Å². The van der Waals surface area contributed by atoms with Crippen LogP contribution in [0.4, 0.5) is 8.78 Å². The number of halogens is 2. The van der Waals surface area contributed by atoms with Crippen LogP contribution in [0.15, 0.2) is 47.3 Å². The molecular weight excluding hydrogens is 386 g/mol. The largest absolute Gasteiger partial charge is 0.293 e. The Balaban J connectivity index is 1.82. The number of benzene rings is 2. The van der Waals surface area contributed by atoms with Gasteiger partial charge < -0.3 is 0 Å². The minimum absolute atomic E-state index is 0.184. The molecule has 5 rings (SSSR count). The summed E-state index contributed by atoms with van der Waals surface area (Å²) in [6.07, 6.45) is 1.86. The monoisotopic (exact) mass is 402 g/mol. The van der Waals surface area contributed by atoms with E-state index in [0.29, 0.717) is 33.6 Å². The molecule has 30 heavy (non-hydrogen) atoms. The summed E-state index contributed by atoms with van der Waals surface area (Å²) in [5.41, 5.74) is 3.54. The van der Waals surface area contributed by atoms with Gasteiger partial charge in [-0.3, -0.25) is 9.89 Å². The van der Waals surface area contributed by atoms with E-state index in [1.54, 1.807) is 31.2 Å². The maximum Gasteiger partial charge on any atom is 0.276 e. The standard InChI is InChI=1S/C23H16F2N4O/c1-12-20(14-4-2-13(11-26)3-5-14)27-22-19(17-9-8-16(24)10-18(17)25)21(15-6-7-15)28-29(22)23(12)30/h2-5,8-10,15,28H,6-7H2,1H3. The molecule has 0 amide bonds. The Morgan fingerprint density at radius 3 is 2.53 bits per heavy atom. The van der Waals surface area contributed by atoms with E-state index in [0.717, 1.165) is 24.6 Å². The van der Waals surface area contributed by atoms with E-state index in [-0.39, 0.29) is 17.0 Å². The Hall–Kier alpha value is -3.79. The smallest absolute Gasteiger partial charge is 0.276 e. The normalized spacial score (nSPS) is 13.5. The van der Waals surface area contributed by atoms with E-state index in [1.165, 1.54) is 16.6 Å². The van der Waals surface area contributed by atoms with Gasteiger partial charge in [-0.25, -0.2) is 18.3 Å². The highest BCUT2D eigenvalue weighted by Crippen LogP contribution is 2.45. The molecule has 0 atom stereocenters. The van der Waals surface area contributed by atoms with Crippen LogP contribution in [0.25, 0.3) is 28.0 Å². The van der Waals surface area contributed by atoms with E-state index in [9.17, 15) is 13.6 Å². The van der Waals surface area contributed by atoms with Crippen LogP contribution in [-0.4, -0.2) is 14.6 Å². The summed E-state index contributed by atoms with van der Waals surface area (Å²) in [4.78, 5) is 17.8. The molecule has 1 aliphatic carbocycles. The number of aromatic nitrogens is 3. The van der Waals surface area contributed by atoms with Crippen molar-refractivity contribution < 1.29 is 8.78 Å². The van der Waals surface area contributed by atoms with E-state index in [4.69, 9.17) is 10.2 Å². The first-order chi connectivity index (χ1) is 14.5. The van der Waals surface area contributed by atoms with E-state index in [2.05, 4.69) is 11.2 Å². The van der Waals surface area contributed by atoms with E-state index < -0.39 is 11.6 Å². The number of fused-ring (bicyclic) bond motifs is 1. The zero-order chi connectivity index (χ0) is 21.0. The van der Waals surface area contributed by atoms with Gasteiger partial charge in [0, 0.05) is 34.4 Å². The Labute approximate surface area is 170 Å². The second-order valence-corrected chi connectivity index (χ2v) is 7.54. The Kier molecular flexibility index (Phi) is 4.03. The third kappa shape index (κ3) is 2.80. The number of H-pyrrole nitrogens is 1. The molecule has 0 radical (unpaired) electrons. The van der Waals surface area contributed by atoms with Crippen LogP contribution in [0, 0.1) is 29.9 Å². The van der Waals surface area contributed by atoms with Crippen LogP contribution in [-0.2, 0) is 0 Å². The second-order valence-electron chi connectivity index (χ2n) is 7.54. The predicted octanol–water partition coefficient (Wildman–Crippen LogP) is 4.69. The van der Waals surface area contributed by atoms with Crippen LogP contribution in [0.2, 0.25) is 0 Å². The van der Waals surface area contributed by atoms with Crippen LogP contribution in [0.1, 0.15) is 35.6 Å². The molecule has 2 aromatic carbocycles. The third-order valence-corrected chi connectivity index (χ3v) is 5.51. The lowest BCUT2D eigenvalue weighted by Gasteiger charge is -2.08. The Morgan fingerprint density at radius 1 is 1.17 bits per heavy atom. The lowest BCUT2D eigenvalue weighted by molar-refractivity contribution is 0.585. The molecule has 0 aliphatic heterocycles. The quantitative estimate of drug-likeness (QED) is 0.540. The van der Waals surface area contributed by atoms with Gasteiger partial charge in [-0.2, -0.15) is 5.26 Å². The topological polar surface area (TPSA) is 73.9 Å². The molecule has 148 valence electrons. The Bertz CT molecular complexity index is 1410. The number of hydrogen-bond acceptors (Lipinski definition) is 3. The minimum atomic E-state index is -0.701. The molecule has 0 spiro atoms. The fourth-order valence-corrected chi connectivity index (χ4v) is 3.78. The number of nitrogens with one attached hydrogen (secondary N) is 1. The zero-order valence-corrected chi connectivity index (χ0v) is 16.0. The first-order valence-electron chi connectivity index (χ1n) is 9.59. The lowest BCUT2D eigenvalue weighted by atomic mass is 10.0. The molecule has 0 bridgehead atoms. The van der Waals surface area contributed by atoms with Crippen molar-refractivity contribution in [3.8, 4) is 28.5 Å². The number of rotatable bonds is 3. The van der Waals surface area contributed by atoms with Crippen LogP contribution < -0.4 is 5.56 Å². The summed E-state index contributed by atoms with van der Waals surface area (Å²) >= 11 is 0. The lowest BCUT2D eigenvalue weighted by Crippen LogP contribution is -2.19. The summed E-state index contributed by atoms with van der Waals surface area (Å²) < 4.78 is 29.5. The molecule has 5 nitrogen and oxygen atoms in total. The SMILES string of the molecule is Cc1c(-c2ccc(C#N)cc2)nc2c(-c3ccc(F)cc3F)c(C3CC3)[nH]n2c1=O. The average molecular weight is 402 g/mol. The summed E-state index contributed by atoms with van der Waals surface area (Å²) in [5.74, 6) is -1.18. The third-order valence-electron chi connectivity index (χ3n) is 5.51. The first kappa shape index (κ1) is 18.3. The Morgan fingerprint density at radius 2 is 1.90 bits per heavy atom. The fourth-order valence-electron chi connectivity index (χ4n) is 3.78. The zero-order valence-electron chi connectivity index (χ0n) is 16.0. The summed E-state index contributed by atoms with van der Waals surface area (Å²) in [6.45, 7) is 1.69. The van der Waals surface area contributed by atoms with Crippen molar-refractivity contribution in [2.24, 2.45) is 0 Å². The molecule has 0 saturated heterocycles. The molecule has 1 aliphatic rings. The van der Waals surface area contributed by atoms with Gasteiger partial charge in [0.25, 0.3) is 5.56 Å². The van der Waals surface area contributed by atoms with Gasteiger partial charge in [0.15, 0.2) is 5.65 Å². The first-order valence-corrected chi connectivity index (χ1v) is 9.59. The van der Waals surface area contributed by atoms with Crippen molar-refractivity contribution in [2.75, 3.05) is 0 Å². The fraction of sp³-hybridized carbons (Fsp3) is 0.174. The average Bonchev–Trinajstić information content (AvgIpc) is 3.52. The molecule has 0 unspecified atom stereocenters. The van der Waals surface area contributed by atoms with Crippen molar-refractivity contribution in [1.82, 2.24) is 14.6 Å².